The van der Waals surface area contributed by atoms with Gasteiger partial charge in [-0.2, -0.15) is 0 Å². The minimum Gasteiger partial charge on any atom is -0.480 e. The summed E-state index contributed by atoms with van der Waals surface area (Å²) >= 11 is 0. The summed E-state index contributed by atoms with van der Waals surface area (Å²) < 4.78 is 0. The summed E-state index contributed by atoms with van der Waals surface area (Å²) in [6, 6.07) is -3.78. The van der Waals surface area contributed by atoms with Gasteiger partial charge in [-0.15, -0.1) is 0 Å². The molecule has 5 amide bonds. The van der Waals surface area contributed by atoms with Gasteiger partial charge in [0.1, 0.15) is 18.6 Å². The second kappa shape index (κ2) is 16.2. The van der Waals surface area contributed by atoms with Crippen LogP contribution < -0.4 is 38.7 Å². The smallest absolute Gasteiger partial charge is 0.323 e. The third-order valence-corrected chi connectivity index (χ3v) is 2.83. The monoisotopic (exact) mass is 407 g/mol. The summed E-state index contributed by atoms with van der Waals surface area (Å²) in [6.07, 6.45) is 1.78. The number of carboxylic acids is 1. The molecular weight excluding hydrogens is 378 g/mol. The fourth-order valence-electron chi connectivity index (χ4n) is 1.37. The van der Waals surface area contributed by atoms with Crippen molar-refractivity contribution in [2.45, 2.75) is 38.3 Å². The number of aliphatic hydroxyl groups excluding tert-OH is 1. The quantitative estimate of drug-likeness (QED) is 0.159. The number of rotatable bonds is 10. The minimum absolute atomic E-state index is 0.603. The summed E-state index contributed by atoms with van der Waals surface area (Å²) in [6.45, 7) is 1.60. The van der Waals surface area contributed by atoms with Gasteiger partial charge in [0, 0.05) is 0 Å². The van der Waals surface area contributed by atoms with Gasteiger partial charge in [-0.3, -0.25) is 30.0 Å². The molecule has 0 saturated carbocycles. The van der Waals surface area contributed by atoms with Crippen molar-refractivity contribution in [1.29, 1.82) is 0 Å². The van der Waals surface area contributed by atoms with Gasteiger partial charge in [-0.05, 0) is 13.0 Å². The lowest BCUT2D eigenvalue weighted by Gasteiger charge is -2.18. The van der Waals surface area contributed by atoms with Crippen molar-refractivity contribution in [1.82, 2.24) is 21.5 Å². The molecule has 12 N–H and O–H groups in total. The van der Waals surface area contributed by atoms with Crippen molar-refractivity contribution in [3.63, 3.8) is 0 Å². The molecule has 0 bridgehead atoms. The molecule has 0 aromatic carbocycles. The number of unbranched alkanes of at least 4 members (excludes halogenated alkanes) is 1. The SMILES string of the molecule is CCCCN.NC(=O)CC(NC(=O)NCC(=O)O)C(=O)NNC(=O)C(N)CO. The lowest BCUT2D eigenvalue weighted by Crippen LogP contribution is -2.57. The van der Waals surface area contributed by atoms with Crippen LogP contribution in [0.15, 0.2) is 0 Å². The molecule has 28 heavy (non-hydrogen) atoms. The van der Waals surface area contributed by atoms with Gasteiger partial charge in [0.2, 0.25) is 5.91 Å². The maximum Gasteiger partial charge on any atom is 0.323 e. The fourth-order valence-corrected chi connectivity index (χ4v) is 1.37. The van der Waals surface area contributed by atoms with Crippen LogP contribution in [0.1, 0.15) is 26.2 Å². The minimum atomic E-state index is -1.47. The number of carbonyl (C=O) groups is 5. The third kappa shape index (κ3) is 15.3. The molecule has 0 aliphatic rings. The average Bonchev–Trinajstić information content (AvgIpc) is 2.63. The van der Waals surface area contributed by atoms with Crippen molar-refractivity contribution in [2.24, 2.45) is 17.2 Å². The summed E-state index contributed by atoms with van der Waals surface area (Å²) in [5.74, 6) is -4.16. The van der Waals surface area contributed by atoms with Crippen LogP contribution in [0.3, 0.4) is 0 Å². The number of nitrogens with two attached hydrogens (primary N) is 3. The number of hydrazine groups is 1. The Hall–Kier alpha value is -2.97. The molecule has 2 atom stereocenters. The number of carboxylic acid groups (broad SMARTS) is 1. The Balaban J connectivity index is 0. The number of amides is 5. The number of nitrogens with one attached hydrogen (secondary N) is 4. The first kappa shape index (κ1) is 27.3. The summed E-state index contributed by atoms with van der Waals surface area (Å²) in [5.41, 5.74) is 19.0. The van der Waals surface area contributed by atoms with Gasteiger partial charge in [-0.25, -0.2) is 4.79 Å². The largest absolute Gasteiger partial charge is 0.480 e. The van der Waals surface area contributed by atoms with Crippen LogP contribution in [0, 0.1) is 0 Å². The van der Waals surface area contributed by atoms with Gasteiger partial charge < -0.3 is 38.0 Å². The molecule has 0 aliphatic carbocycles. The van der Waals surface area contributed by atoms with E-state index in [9.17, 15) is 24.0 Å². The molecule has 0 radical (unpaired) electrons. The van der Waals surface area contributed by atoms with Crippen LogP contribution >= 0.6 is 0 Å². The van der Waals surface area contributed by atoms with Crippen molar-refractivity contribution in [3.8, 4) is 0 Å². The molecule has 14 heteroatoms. The lowest BCUT2D eigenvalue weighted by molar-refractivity contribution is -0.135. The Labute approximate surface area is 161 Å². The number of hydrogen-bond donors (Lipinski definition) is 9. The summed E-state index contributed by atoms with van der Waals surface area (Å²) in [5, 5.41) is 21.0. The summed E-state index contributed by atoms with van der Waals surface area (Å²) in [7, 11) is 0. The van der Waals surface area contributed by atoms with Crippen molar-refractivity contribution < 1.29 is 34.2 Å². The van der Waals surface area contributed by atoms with Crippen LogP contribution in [0.4, 0.5) is 4.79 Å². The Morgan fingerprint density at radius 3 is 2.04 bits per heavy atom. The van der Waals surface area contributed by atoms with Crippen molar-refractivity contribution in [2.75, 3.05) is 19.7 Å². The highest BCUT2D eigenvalue weighted by atomic mass is 16.4. The number of urea groups is 1. The predicted molar refractivity (Wildman–Crippen MR) is 97.1 cm³/mol. The van der Waals surface area contributed by atoms with E-state index in [1.807, 2.05) is 21.5 Å². The molecular formula is C14H29N7O7. The van der Waals surface area contributed by atoms with Crippen molar-refractivity contribution in [3.05, 3.63) is 0 Å². The van der Waals surface area contributed by atoms with E-state index in [2.05, 4.69) is 6.92 Å². The zero-order valence-electron chi connectivity index (χ0n) is 15.6. The number of hydrogen-bond acceptors (Lipinski definition) is 8. The number of aliphatic carboxylic acids is 1. The molecule has 14 nitrogen and oxygen atoms in total. The van der Waals surface area contributed by atoms with E-state index in [4.69, 9.17) is 27.4 Å². The molecule has 0 aromatic rings. The highest BCUT2D eigenvalue weighted by molar-refractivity contribution is 5.93. The Morgan fingerprint density at radius 2 is 1.64 bits per heavy atom. The molecule has 2 unspecified atom stereocenters. The standard InChI is InChI=1S/C10H18N6O7.C4H11N/c11-4(3-17)8(21)15-16-9(22)5(1-6(12)18)14-10(23)13-2-7(19)20;1-2-3-4-5/h4-5,17H,1-3,11H2,(H2,12,18)(H,15,21)(H,16,22)(H,19,20)(H2,13,14,23);2-5H2,1H3. The molecule has 0 spiro atoms. The highest BCUT2D eigenvalue weighted by Crippen LogP contribution is 1.92. The summed E-state index contributed by atoms with van der Waals surface area (Å²) in [4.78, 5) is 55.6. The van der Waals surface area contributed by atoms with E-state index >= 15 is 0 Å². The van der Waals surface area contributed by atoms with Crippen LogP contribution in [0.25, 0.3) is 0 Å². The van der Waals surface area contributed by atoms with E-state index < -0.39 is 61.4 Å². The van der Waals surface area contributed by atoms with Gasteiger partial charge in [0.15, 0.2) is 0 Å². The molecule has 0 rings (SSSR count). The van der Waals surface area contributed by atoms with E-state index in [1.165, 1.54) is 12.8 Å². The maximum atomic E-state index is 11.8. The van der Waals surface area contributed by atoms with Gasteiger partial charge in [0.05, 0.1) is 13.0 Å². The molecule has 0 aromatic heterocycles. The second-order valence-electron chi connectivity index (χ2n) is 5.35. The zero-order valence-corrected chi connectivity index (χ0v) is 15.6. The normalized spacial score (nSPS) is 11.7. The van der Waals surface area contributed by atoms with Gasteiger partial charge in [0.25, 0.3) is 11.8 Å². The highest BCUT2D eigenvalue weighted by Gasteiger charge is 2.24. The Kier molecular flexibility index (Phi) is 15.8. The maximum absolute atomic E-state index is 11.8. The Bertz CT molecular complexity index is 528. The van der Waals surface area contributed by atoms with E-state index in [0.29, 0.717) is 0 Å². The fraction of sp³-hybridized carbons (Fsp3) is 0.643. The molecule has 162 valence electrons. The van der Waals surface area contributed by atoms with Gasteiger partial charge in [-0.1, -0.05) is 13.3 Å². The number of carbonyl (C=O) groups excluding carboxylic acids is 4. The van der Waals surface area contributed by atoms with E-state index in [1.54, 1.807) is 0 Å². The number of primary amides is 1. The number of aliphatic hydroxyl groups is 1. The van der Waals surface area contributed by atoms with Crippen LogP contribution in [-0.4, -0.2) is 71.7 Å². The molecule has 0 aliphatic heterocycles. The molecule has 0 fully saturated rings. The Morgan fingerprint density at radius 1 is 1.07 bits per heavy atom. The molecule has 0 heterocycles. The van der Waals surface area contributed by atoms with E-state index in [0.717, 1.165) is 6.54 Å². The van der Waals surface area contributed by atoms with Crippen molar-refractivity contribution >= 4 is 29.7 Å². The van der Waals surface area contributed by atoms with Crippen LogP contribution in [-0.2, 0) is 19.2 Å². The van der Waals surface area contributed by atoms with E-state index in [-0.39, 0.29) is 0 Å². The first-order valence-corrected chi connectivity index (χ1v) is 8.29. The first-order chi connectivity index (χ1) is 13.1. The van der Waals surface area contributed by atoms with Crippen LogP contribution in [0.2, 0.25) is 0 Å². The predicted octanol–water partition coefficient (Wildman–Crippen LogP) is -4.17. The van der Waals surface area contributed by atoms with Crippen LogP contribution in [0.5, 0.6) is 0 Å². The average molecular weight is 407 g/mol. The van der Waals surface area contributed by atoms with Gasteiger partial charge >= 0.3 is 12.0 Å². The topological polar surface area (TPSA) is 252 Å². The second-order valence-corrected chi connectivity index (χ2v) is 5.35. The first-order valence-electron chi connectivity index (χ1n) is 8.29. The lowest BCUT2D eigenvalue weighted by atomic mass is 10.2. The molecule has 0 saturated heterocycles. The zero-order chi connectivity index (χ0) is 22.1. The third-order valence-electron chi connectivity index (χ3n) is 2.83.